The number of aryl methyl sites for hydroxylation is 1. The molecular weight excluding hydrogens is 261 g/mol. The van der Waals surface area contributed by atoms with Gasteiger partial charge in [0.2, 0.25) is 11.8 Å². The van der Waals surface area contributed by atoms with Crippen molar-refractivity contribution >= 4 is 17.5 Å². The number of imide groups is 1. The molecule has 2 rings (SSSR count). The molecule has 1 aliphatic rings. The van der Waals surface area contributed by atoms with Crippen LogP contribution in [0.15, 0.2) is 18.2 Å². The summed E-state index contributed by atoms with van der Waals surface area (Å²) >= 11 is 0. The number of hydrogen-bond donors (Lipinski definition) is 2. The number of anilines is 1. The molecule has 1 fully saturated rings. The van der Waals surface area contributed by atoms with Gasteiger partial charge in [-0.3, -0.25) is 14.9 Å². The number of carbonyl (C=O) groups excluding carboxylic acids is 2. The standard InChI is InChI=1S/C12H11F3N2O2/c1-6-2-3-7(4-8(6)12(13,14)15)16-9-5-10(18)17-11(9)19/h2-4,9,16H,5H2,1H3,(H,17,18,19). The lowest BCUT2D eigenvalue weighted by molar-refractivity contribution is -0.138. The molecule has 1 aromatic carbocycles. The van der Waals surface area contributed by atoms with E-state index in [-0.39, 0.29) is 17.7 Å². The number of hydrogen-bond acceptors (Lipinski definition) is 3. The Hall–Kier alpha value is -2.05. The fraction of sp³-hybridized carbons (Fsp3) is 0.333. The average molecular weight is 272 g/mol. The third-order valence-electron chi connectivity index (χ3n) is 2.85. The lowest BCUT2D eigenvalue weighted by Crippen LogP contribution is -2.30. The second-order valence-electron chi connectivity index (χ2n) is 4.34. The van der Waals surface area contributed by atoms with Crippen LogP contribution in [0.2, 0.25) is 0 Å². The first-order chi connectivity index (χ1) is 8.77. The molecule has 19 heavy (non-hydrogen) atoms. The van der Waals surface area contributed by atoms with Gasteiger partial charge < -0.3 is 5.32 Å². The highest BCUT2D eigenvalue weighted by molar-refractivity contribution is 6.06. The minimum Gasteiger partial charge on any atom is -0.373 e. The van der Waals surface area contributed by atoms with E-state index in [4.69, 9.17) is 0 Å². The van der Waals surface area contributed by atoms with Crippen LogP contribution in [0.5, 0.6) is 0 Å². The molecule has 0 spiro atoms. The van der Waals surface area contributed by atoms with Gasteiger partial charge in [0.05, 0.1) is 12.0 Å². The molecule has 0 radical (unpaired) electrons. The van der Waals surface area contributed by atoms with E-state index in [9.17, 15) is 22.8 Å². The van der Waals surface area contributed by atoms with Crippen molar-refractivity contribution in [1.82, 2.24) is 5.32 Å². The third-order valence-corrected chi connectivity index (χ3v) is 2.85. The first kappa shape index (κ1) is 13.4. The van der Waals surface area contributed by atoms with Crippen LogP contribution in [-0.4, -0.2) is 17.9 Å². The van der Waals surface area contributed by atoms with Gasteiger partial charge in [0.25, 0.3) is 0 Å². The lowest BCUT2D eigenvalue weighted by Gasteiger charge is -2.15. The number of benzene rings is 1. The van der Waals surface area contributed by atoms with E-state index in [1.807, 2.05) is 0 Å². The Balaban J connectivity index is 2.23. The molecule has 1 unspecified atom stereocenters. The van der Waals surface area contributed by atoms with E-state index >= 15 is 0 Å². The summed E-state index contributed by atoms with van der Waals surface area (Å²) in [5.74, 6) is -0.968. The van der Waals surface area contributed by atoms with Crippen LogP contribution in [0.3, 0.4) is 0 Å². The number of halogens is 3. The molecule has 1 aromatic rings. The highest BCUT2D eigenvalue weighted by atomic mass is 19.4. The smallest absolute Gasteiger partial charge is 0.373 e. The summed E-state index contributed by atoms with van der Waals surface area (Å²) in [6, 6.07) is 2.88. The Bertz CT molecular complexity index is 540. The fourth-order valence-corrected chi connectivity index (χ4v) is 1.89. The summed E-state index contributed by atoms with van der Waals surface area (Å²) in [4.78, 5) is 22.3. The van der Waals surface area contributed by atoms with Crippen LogP contribution in [0.1, 0.15) is 17.5 Å². The second-order valence-corrected chi connectivity index (χ2v) is 4.34. The van der Waals surface area contributed by atoms with Crippen molar-refractivity contribution in [2.45, 2.75) is 25.6 Å². The molecule has 1 atom stereocenters. The summed E-state index contributed by atoms with van der Waals surface area (Å²) in [6.45, 7) is 1.36. The minimum atomic E-state index is -4.45. The maximum absolute atomic E-state index is 12.7. The Morgan fingerprint density at radius 3 is 2.53 bits per heavy atom. The SMILES string of the molecule is Cc1ccc(NC2CC(=O)NC2=O)cc1C(F)(F)F. The molecule has 1 saturated heterocycles. The summed E-state index contributed by atoms with van der Waals surface area (Å²) in [7, 11) is 0. The van der Waals surface area contributed by atoms with Crippen molar-refractivity contribution in [3.05, 3.63) is 29.3 Å². The Morgan fingerprint density at radius 2 is 2.00 bits per heavy atom. The predicted molar refractivity (Wildman–Crippen MR) is 61.4 cm³/mol. The van der Waals surface area contributed by atoms with Crippen LogP contribution in [-0.2, 0) is 15.8 Å². The molecule has 102 valence electrons. The van der Waals surface area contributed by atoms with Crippen molar-refractivity contribution < 1.29 is 22.8 Å². The monoisotopic (exact) mass is 272 g/mol. The maximum atomic E-state index is 12.7. The molecular formula is C12H11F3N2O2. The van der Waals surface area contributed by atoms with E-state index in [1.165, 1.54) is 19.1 Å². The van der Waals surface area contributed by atoms with Gasteiger partial charge >= 0.3 is 6.18 Å². The molecule has 2 amide bonds. The van der Waals surface area contributed by atoms with Crippen molar-refractivity contribution in [3.8, 4) is 0 Å². The van der Waals surface area contributed by atoms with Gasteiger partial charge in [-0.1, -0.05) is 6.07 Å². The zero-order chi connectivity index (χ0) is 14.2. The quantitative estimate of drug-likeness (QED) is 0.808. The van der Waals surface area contributed by atoms with E-state index < -0.39 is 29.6 Å². The second kappa shape index (κ2) is 4.56. The topological polar surface area (TPSA) is 58.2 Å². The Morgan fingerprint density at radius 1 is 1.32 bits per heavy atom. The Kier molecular flexibility index (Phi) is 3.21. The summed E-state index contributed by atoms with van der Waals surface area (Å²) < 4.78 is 38.2. The van der Waals surface area contributed by atoms with Crippen LogP contribution >= 0.6 is 0 Å². The predicted octanol–water partition coefficient (Wildman–Crippen LogP) is 1.84. The van der Waals surface area contributed by atoms with E-state index in [2.05, 4.69) is 10.6 Å². The van der Waals surface area contributed by atoms with Gasteiger partial charge in [0.1, 0.15) is 6.04 Å². The zero-order valence-corrected chi connectivity index (χ0v) is 9.97. The number of amides is 2. The minimum absolute atomic E-state index is 0.0753. The van der Waals surface area contributed by atoms with Crippen LogP contribution < -0.4 is 10.6 Å². The van der Waals surface area contributed by atoms with Crippen molar-refractivity contribution in [3.63, 3.8) is 0 Å². The van der Waals surface area contributed by atoms with Crippen molar-refractivity contribution in [2.24, 2.45) is 0 Å². The van der Waals surface area contributed by atoms with Gasteiger partial charge in [0.15, 0.2) is 0 Å². The van der Waals surface area contributed by atoms with Crippen molar-refractivity contribution in [2.75, 3.05) is 5.32 Å². The summed E-state index contributed by atoms with van der Waals surface area (Å²) in [6.07, 6.45) is -4.52. The largest absolute Gasteiger partial charge is 0.416 e. The van der Waals surface area contributed by atoms with Gasteiger partial charge in [-0.15, -0.1) is 0 Å². The van der Waals surface area contributed by atoms with E-state index in [0.717, 1.165) is 6.07 Å². The number of carbonyl (C=O) groups is 2. The first-order valence-corrected chi connectivity index (χ1v) is 5.55. The number of alkyl halides is 3. The zero-order valence-electron chi connectivity index (χ0n) is 9.97. The molecule has 0 aromatic heterocycles. The normalized spacial score (nSPS) is 19.5. The first-order valence-electron chi connectivity index (χ1n) is 5.55. The number of nitrogens with one attached hydrogen (secondary N) is 2. The molecule has 7 heteroatoms. The van der Waals surface area contributed by atoms with Crippen LogP contribution in [0.4, 0.5) is 18.9 Å². The molecule has 1 heterocycles. The van der Waals surface area contributed by atoms with Crippen LogP contribution in [0, 0.1) is 6.92 Å². The van der Waals surface area contributed by atoms with Gasteiger partial charge in [-0.2, -0.15) is 13.2 Å². The molecule has 1 aliphatic heterocycles. The number of rotatable bonds is 2. The summed E-state index contributed by atoms with van der Waals surface area (Å²) in [5.41, 5.74) is -0.500. The van der Waals surface area contributed by atoms with Crippen LogP contribution in [0.25, 0.3) is 0 Å². The molecule has 0 saturated carbocycles. The van der Waals surface area contributed by atoms with E-state index in [1.54, 1.807) is 0 Å². The fourth-order valence-electron chi connectivity index (χ4n) is 1.89. The summed E-state index contributed by atoms with van der Waals surface area (Å²) in [5, 5.41) is 4.71. The highest BCUT2D eigenvalue weighted by Crippen LogP contribution is 2.33. The highest BCUT2D eigenvalue weighted by Gasteiger charge is 2.34. The molecule has 0 aliphatic carbocycles. The van der Waals surface area contributed by atoms with E-state index in [0.29, 0.717) is 0 Å². The van der Waals surface area contributed by atoms with Crippen molar-refractivity contribution in [1.29, 1.82) is 0 Å². The molecule has 0 bridgehead atoms. The van der Waals surface area contributed by atoms with Gasteiger partial charge in [-0.05, 0) is 24.6 Å². The molecule has 2 N–H and O–H groups in total. The van der Waals surface area contributed by atoms with Gasteiger partial charge in [-0.25, -0.2) is 0 Å². The lowest BCUT2D eigenvalue weighted by atomic mass is 10.1. The maximum Gasteiger partial charge on any atom is 0.416 e. The third kappa shape index (κ3) is 2.86. The Labute approximate surface area is 107 Å². The molecule has 4 nitrogen and oxygen atoms in total. The average Bonchev–Trinajstić information content (AvgIpc) is 2.58. The van der Waals surface area contributed by atoms with Gasteiger partial charge in [0, 0.05) is 5.69 Å².